The molecule has 130 valence electrons. The third-order valence-electron chi connectivity index (χ3n) is 4.47. The Morgan fingerprint density at radius 2 is 2.12 bits per heavy atom. The van der Waals surface area contributed by atoms with Crippen LogP contribution >= 0.6 is 0 Å². The summed E-state index contributed by atoms with van der Waals surface area (Å²) in [7, 11) is 0. The van der Waals surface area contributed by atoms with E-state index in [9.17, 15) is 19.2 Å². The van der Waals surface area contributed by atoms with Crippen LogP contribution in [-0.4, -0.2) is 60.5 Å². The zero-order chi connectivity index (χ0) is 17.3. The lowest BCUT2D eigenvalue weighted by Gasteiger charge is -2.36. The van der Waals surface area contributed by atoms with E-state index < -0.39 is 11.9 Å². The van der Waals surface area contributed by atoms with Gasteiger partial charge in [0, 0.05) is 25.0 Å². The van der Waals surface area contributed by atoms with Crippen molar-refractivity contribution in [3.8, 4) is 0 Å². The van der Waals surface area contributed by atoms with E-state index in [1.165, 1.54) is 5.06 Å². The summed E-state index contributed by atoms with van der Waals surface area (Å²) in [5, 5.41) is 9.14. The number of nitrogens with zero attached hydrogens (tertiary/aromatic N) is 1. The summed E-state index contributed by atoms with van der Waals surface area (Å²) in [6.07, 6.45) is 0.612. The first-order valence-corrected chi connectivity index (χ1v) is 7.97. The van der Waals surface area contributed by atoms with Crippen molar-refractivity contribution in [2.75, 3.05) is 19.6 Å². The maximum atomic E-state index is 12.3. The molecule has 9 nitrogen and oxygen atoms in total. The van der Waals surface area contributed by atoms with Gasteiger partial charge in [-0.3, -0.25) is 29.3 Å². The van der Waals surface area contributed by atoms with Crippen LogP contribution in [-0.2, 0) is 24.0 Å². The van der Waals surface area contributed by atoms with Crippen molar-refractivity contribution in [2.24, 2.45) is 0 Å². The van der Waals surface area contributed by atoms with E-state index in [-0.39, 0.29) is 36.8 Å². The summed E-state index contributed by atoms with van der Waals surface area (Å²) >= 11 is 0. The van der Waals surface area contributed by atoms with Crippen LogP contribution in [0.1, 0.15) is 26.2 Å². The molecule has 0 bridgehead atoms. The van der Waals surface area contributed by atoms with Gasteiger partial charge in [-0.05, 0) is 18.9 Å². The van der Waals surface area contributed by atoms with Gasteiger partial charge in [-0.25, -0.2) is 5.06 Å². The lowest BCUT2D eigenvalue weighted by molar-refractivity contribution is -0.206. The Hall–Kier alpha value is -2.26. The standard InChI is InChI=1S/C15H20N4O5/c1-8-9(6-11(8)24-19-5-4-16-7-13(19)21)14(22)17-10-2-3-12(20)18-15(10)23/h10-11,16H,2-7H2,1H3,(H,17,22)(H,18,20,23)/t10?,11-/m0/s1. The predicted molar refractivity (Wildman–Crippen MR) is 81.1 cm³/mol. The molecule has 2 saturated heterocycles. The van der Waals surface area contributed by atoms with Gasteiger partial charge in [-0.1, -0.05) is 0 Å². The van der Waals surface area contributed by atoms with Gasteiger partial charge in [-0.2, -0.15) is 0 Å². The third-order valence-corrected chi connectivity index (χ3v) is 4.47. The molecule has 2 heterocycles. The summed E-state index contributed by atoms with van der Waals surface area (Å²) in [6.45, 7) is 3.17. The van der Waals surface area contributed by atoms with Gasteiger partial charge in [0.2, 0.25) is 17.7 Å². The minimum atomic E-state index is -0.690. The molecule has 0 aromatic carbocycles. The Kier molecular flexibility index (Phi) is 4.63. The van der Waals surface area contributed by atoms with Gasteiger partial charge in [0.15, 0.2) is 0 Å². The number of imide groups is 1. The summed E-state index contributed by atoms with van der Waals surface area (Å²) in [6, 6.07) is -0.690. The number of nitrogens with one attached hydrogen (secondary N) is 3. The zero-order valence-corrected chi connectivity index (χ0v) is 13.4. The second-order valence-electron chi connectivity index (χ2n) is 6.11. The first-order valence-electron chi connectivity index (χ1n) is 7.97. The molecule has 2 fully saturated rings. The maximum absolute atomic E-state index is 12.3. The Balaban J connectivity index is 1.54. The normalized spacial score (nSPS) is 27.7. The first-order chi connectivity index (χ1) is 11.5. The average Bonchev–Trinajstić information content (AvgIpc) is 2.54. The molecule has 2 aliphatic heterocycles. The summed E-state index contributed by atoms with van der Waals surface area (Å²) < 4.78 is 0. The van der Waals surface area contributed by atoms with E-state index in [2.05, 4.69) is 16.0 Å². The minimum Gasteiger partial charge on any atom is -0.340 e. The van der Waals surface area contributed by atoms with E-state index in [1.807, 2.05) is 0 Å². The van der Waals surface area contributed by atoms with Crippen molar-refractivity contribution in [2.45, 2.75) is 38.3 Å². The second kappa shape index (κ2) is 6.70. The third kappa shape index (κ3) is 3.31. The van der Waals surface area contributed by atoms with Gasteiger partial charge < -0.3 is 10.6 Å². The molecule has 24 heavy (non-hydrogen) atoms. The van der Waals surface area contributed by atoms with Crippen molar-refractivity contribution >= 4 is 23.6 Å². The molecule has 1 unspecified atom stereocenters. The molecular weight excluding hydrogens is 316 g/mol. The smallest absolute Gasteiger partial charge is 0.260 e. The van der Waals surface area contributed by atoms with Gasteiger partial charge in [0.25, 0.3) is 5.91 Å². The molecule has 0 aromatic heterocycles. The highest BCUT2D eigenvalue weighted by atomic mass is 16.7. The number of hydroxylamine groups is 2. The monoisotopic (exact) mass is 336 g/mol. The van der Waals surface area contributed by atoms with Crippen molar-refractivity contribution in [3.05, 3.63) is 11.1 Å². The van der Waals surface area contributed by atoms with E-state index in [0.717, 1.165) is 5.57 Å². The predicted octanol–water partition coefficient (Wildman–Crippen LogP) is -1.64. The number of hydrogen-bond donors (Lipinski definition) is 3. The SMILES string of the molecule is CC1=C(C(=O)NC2CCC(=O)NC2=O)C[C@@H]1ON1CCNCC1=O. The number of carbonyl (C=O) groups excluding carboxylic acids is 4. The molecule has 1 aliphatic carbocycles. The van der Waals surface area contributed by atoms with Crippen LogP contribution in [0.25, 0.3) is 0 Å². The average molecular weight is 336 g/mol. The zero-order valence-electron chi connectivity index (χ0n) is 13.4. The Morgan fingerprint density at radius 3 is 2.79 bits per heavy atom. The summed E-state index contributed by atoms with van der Waals surface area (Å²) in [4.78, 5) is 52.4. The Bertz CT molecular complexity index is 629. The van der Waals surface area contributed by atoms with Crippen LogP contribution in [0.3, 0.4) is 0 Å². The van der Waals surface area contributed by atoms with Crippen LogP contribution in [0.5, 0.6) is 0 Å². The largest absolute Gasteiger partial charge is 0.340 e. The van der Waals surface area contributed by atoms with Crippen LogP contribution in [0.15, 0.2) is 11.1 Å². The second-order valence-corrected chi connectivity index (χ2v) is 6.11. The Labute approximate surface area is 138 Å². The molecule has 0 aromatic rings. The lowest BCUT2D eigenvalue weighted by Crippen LogP contribution is -2.54. The lowest BCUT2D eigenvalue weighted by atomic mass is 9.85. The van der Waals surface area contributed by atoms with Gasteiger partial charge in [0.1, 0.15) is 12.1 Å². The molecule has 3 rings (SSSR count). The number of hydrogen-bond acceptors (Lipinski definition) is 6. The van der Waals surface area contributed by atoms with E-state index in [0.29, 0.717) is 31.5 Å². The van der Waals surface area contributed by atoms with E-state index in [1.54, 1.807) is 6.92 Å². The molecule has 9 heteroatoms. The van der Waals surface area contributed by atoms with Crippen LogP contribution in [0.2, 0.25) is 0 Å². The van der Waals surface area contributed by atoms with Crippen LogP contribution in [0, 0.1) is 0 Å². The van der Waals surface area contributed by atoms with Crippen molar-refractivity contribution in [1.82, 2.24) is 21.0 Å². The highest BCUT2D eigenvalue weighted by molar-refractivity contribution is 6.04. The highest BCUT2D eigenvalue weighted by Gasteiger charge is 2.37. The topological polar surface area (TPSA) is 117 Å². The fourth-order valence-corrected chi connectivity index (χ4v) is 2.88. The molecule has 4 amide bonds. The fourth-order valence-electron chi connectivity index (χ4n) is 2.88. The van der Waals surface area contributed by atoms with Crippen LogP contribution in [0.4, 0.5) is 0 Å². The molecule has 0 spiro atoms. The quantitative estimate of drug-likeness (QED) is 0.530. The fraction of sp³-hybridized carbons (Fsp3) is 0.600. The Morgan fingerprint density at radius 1 is 1.33 bits per heavy atom. The summed E-state index contributed by atoms with van der Waals surface area (Å²) in [5.41, 5.74) is 1.32. The minimum absolute atomic E-state index is 0.129. The van der Waals surface area contributed by atoms with Gasteiger partial charge >= 0.3 is 0 Å². The first kappa shape index (κ1) is 16.6. The van der Waals surface area contributed by atoms with E-state index in [4.69, 9.17) is 4.84 Å². The highest BCUT2D eigenvalue weighted by Crippen LogP contribution is 2.32. The maximum Gasteiger partial charge on any atom is 0.260 e. The number of piperidine rings is 1. The van der Waals surface area contributed by atoms with Gasteiger partial charge in [-0.15, -0.1) is 0 Å². The molecular formula is C15H20N4O5. The van der Waals surface area contributed by atoms with Crippen molar-refractivity contribution in [3.63, 3.8) is 0 Å². The van der Waals surface area contributed by atoms with E-state index >= 15 is 0 Å². The number of rotatable bonds is 4. The molecule has 3 aliphatic rings. The number of carbonyl (C=O) groups is 4. The molecule has 2 atom stereocenters. The molecule has 0 radical (unpaired) electrons. The van der Waals surface area contributed by atoms with Crippen LogP contribution < -0.4 is 16.0 Å². The van der Waals surface area contributed by atoms with Crippen molar-refractivity contribution in [1.29, 1.82) is 0 Å². The number of amides is 4. The van der Waals surface area contributed by atoms with Gasteiger partial charge in [0.05, 0.1) is 13.1 Å². The summed E-state index contributed by atoms with van der Waals surface area (Å²) in [5.74, 6) is -1.25. The van der Waals surface area contributed by atoms with Crippen molar-refractivity contribution < 1.29 is 24.0 Å². The molecule has 3 N–H and O–H groups in total. The number of piperazine rings is 1. The molecule has 0 saturated carbocycles.